The van der Waals surface area contributed by atoms with Gasteiger partial charge in [-0.15, -0.1) is 0 Å². The van der Waals surface area contributed by atoms with Crippen molar-refractivity contribution in [1.82, 2.24) is 14.7 Å². The van der Waals surface area contributed by atoms with Crippen LogP contribution in [0.3, 0.4) is 0 Å². The number of aromatic carboxylic acids is 1. The molecule has 1 aromatic heterocycles. The summed E-state index contributed by atoms with van der Waals surface area (Å²) in [5.74, 6) is 0.329. The number of hydrogen-bond acceptors (Lipinski definition) is 4. The number of carboxylic acids is 1. The second-order valence-electron chi connectivity index (χ2n) is 7.68. The van der Waals surface area contributed by atoms with Crippen molar-refractivity contribution in [2.75, 3.05) is 13.1 Å². The van der Waals surface area contributed by atoms with E-state index < -0.39 is 5.97 Å². The molecule has 0 bridgehead atoms. The lowest BCUT2D eigenvalue weighted by molar-refractivity contribution is -0.127. The minimum absolute atomic E-state index is 0.0598. The summed E-state index contributed by atoms with van der Waals surface area (Å²) in [5, 5.41) is 14.4. The molecular weight excluding hydrogens is 406 g/mol. The molecule has 1 aliphatic rings. The Bertz CT molecular complexity index is 1120. The van der Waals surface area contributed by atoms with Gasteiger partial charge in [0.1, 0.15) is 17.2 Å². The Morgan fingerprint density at radius 2 is 1.81 bits per heavy atom. The minimum atomic E-state index is -1.04. The molecule has 2 aromatic carbocycles. The number of para-hydroxylation sites is 1. The van der Waals surface area contributed by atoms with Gasteiger partial charge in [0.15, 0.2) is 0 Å². The van der Waals surface area contributed by atoms with Gasteiger partial charge in [0, 0.05) is 18.7 Å². The van der Waals surface area contributed by atoms with E-state index in [0.717, 1.165) is 24.2 Å². The van der Waals surface area contributed by atoms with Crippen molar-refractivity contribution in [3.05, 3.63) is 78.5 Å². The number of carboxylic acid groups (broad SMARTS) is 1. The van der Waals surface area contributed by atoms with Gasteiger partial charge in [-0.2, -0.15) is 5.10 Å². The first kappa shape index (κ1) is 21.4. The molecule has 1 fully saturated rings. The van der Waals surface area contributed by atoms with Gasteiger partial charge in [-0.1, -0.05) is 24.3 Å². The molecule has 1 aliphatic heterocycles. The van der Waals surface area contributed by atoms with Crippen molar-refractivity contribution in [2.45, 2.75) is 25.8 Å². The first-order chi connectivity index (χ1) is 15.5. The van der Waals surface area contributed by atoms with Crippen LogP contribution in [0.2, 0.25) is 0 Å². The molecule has 0 spiro atoms. The lowest BCUT2D eigenvalue weighted by atomic mass is 10.1. The van der Waals surface area contributed by atoms with E-state index in [0.29, 0.717) is 24.5 Å². The number of ether oxygens (including phenoxy) is 1. The Hall–Kier alpha value is -3.87. The van der Waals surface area contributed by atoms with Crippen molar-refractivity contribution in [3.8, 4) is 22.8 Å². The minimum Gasteiger partial charge on any atom is -0.477 e. The number of amides is 1. The molecular formula is C25H25N3O4. The number of hydrogen-bond donors (Lipinski definition) is 1. The van der Waals surface area contributed by atoms with Crippen LogP contribution in [0.5, 0.6) is 11.5 Å². The molecule has 1 amide bonds. The number of piperidine rings is 1. The van der Waals surface area contributed by atoms with E-state index in [9.17, 15) is 14.7 Å². The smallest absolute Gasteiger partial charge is 0.354 e. The SMILES string of the molecule is C/C=C/C(=O)N1CCCC(n2nc(-c3ccc(Oc4ccccc4)cc3)cc2C(=O)O)C1. The average Bonchev–Trinajstić information content (AvgIpc) is 3.27. The molecule has 1 atom stereocenters. The number of benzene rings is 2. The van der Waals surface area contributed by atoms with Crippen molar-refractivity contribution in [2.24, 2.45) is 0 Å². The lowest BCUT2D eigenvalue weighted by Gasteiger charge is -2.32. The van der Waals surface area contributed by atoms with Gasteiger partial charge < -0.3 is 14.7 Å². The zero-order valence-corrected chi connectivity index (χ0v) is 17.8. The number of nitrogens with zero attached hydrogens (tertiary/aromatic N) is 3. The monoisotopic (exact) mass is 431 g/mol. The second kappa shape index (κ2) is 9.51. The fourth-order valence-corrected chi connectivity index (χ4v) is 3.89. The maximum absolute atomic E-state index is 12.3. The molecule has 32 heavy (non-hydrogen) atoms. The first-order valence-corrected chi connectivity index (χ1v) is 10.6. The number of carbonyl (C=O) groups excluding carboxylic acids is 1. The highest BCUT2D eigenvalue weighted by Gasteiger charge is 2.28. The number of allylic oxidation sites excluding steroid dienone is 1. The van der Waals surface area contributed by atoms with Gasteiger partial charge in [-0.25, -0.2) is 4.79 Å². The Labute approximate surface area is 186 Å². The van der Waals surface area contributed by atoms with E-state index in [2.05, 4.69) is 5.10 Å². The molecule has 4 rings (SSSR count). The van der Waals surface area contributed by atoms with Crippen LogP contribution in [0.1, 0.15) is 36.3 Å². The van der Waals surface area contributed by atoms with Crippen LogP contribution in [0.15, 0.2) is 72.8 Å². The zero-order chi connectivity index (χ0) is 22.5. The molecule has 164 valence electrons. The van der Waals surface area contributed by atoms with Crippen molar-refractivity contribution in [1.29, 1.82) is 0 Å². The summed E-state index contributed by atoms with van der Waals surface area (Å²) in [6.45, 7) is 2.91. The Morgan fingerprint density at radius 3 is 2.50 bits per heavy atom. The summed E-state index contributed by atoms with van der Waals surface area (Å²) in [4.78, 5) is 25.9. The van der Waals surface area contributed by atoms with Crippen LogP contribution in [0.4, 0.5) is 0 Å². The normalized spacial score (nSPS) is 16.3. The van der Waals surface area contributed by atoms with Gasteiger partial charge >= 0.3 is 5.97 Å². The fraction of sp³-hybridized carbons (Fsp3) is 0.240. The van der Waals surface area contributed by atoms with Crippen molar-refractivity contribution in [3.63, 3.8) is 0 Å². The topological polar surface area (TPSA) is 84.7 Å². The maximum Gasteiger partial charge on any atom is 0.354 e. The van der Waals surface area contributed by atoms with E-state index in [1.807, 2.05) is 54.6 Å². The van der Waals surface area contributed by atoms with E-state index in [1.54, 1.807) is 28.6 Å². The number of carbonyl (C=O) groups is 2. The van der Waals surface area contributed by atoms with Crippen LogP contribution in [-0.4, -0.2) is 44.8 Å². The van der Waals surface area contributed by atoms with Crippen LogP contribution in [-0.2, 0) is 4.79 Å². The largest absolute Gasteiger partial charge is 0.477 e. The van der Waals surface area contributed by atoms with Gasteiger partial charge in [0.2, 0.25) is 5.91 Å². The van der Waals surface area contributed by atoms with Crippen LogP contribution in [0, 0.1) is 0 Å². The number of aromatic nitrogens is 2. The quantitative estimate of drug-likeness (QED) is 0.568. The Kier molecular flexibility index (Phi) is 6.35. The van der Waals surface area contributed by atoms with E-state index >= 15 is 0 Å². The summed E-state index contributed by atoms with van der Waals surface area (Å²) < 4.78 is 7.38. The standard InChI is InChI=1S/C25H25N3O4/c1-2-7-24(29)27-15-6-8-19(17-27)28-23(25(30)31)16-22(26-28)18-11-13-21(14-12-18)32-20-9-4-3-5-10-20/h2-5,7,9-14,16,19H,6,8,15,17H2,1H3,(H,30,31)/b7-2+. The molecule has 0 radical (unpaired) electrons. The third-order valence-corrected chi connectivity index (χ3v) is 5.45. The summed E-state index contributed by atoms with van der Waals surface area (Å²) >= 11 is 0. The predicted molar refractivity (Wildman–Crippen MR) is 121 cm³/mol. The second-order valence-corrected chi connectivity index (χ2v) is 7.68. The van der Waals surface area contributed by atoms with Gasteiger partial charge in [-0.3, -0.25) is 9.48 Å². The number of likely N-dealkylation sites (tertiary alicyclic amines) is 1. The molecule has 1 unspecified atom stereocenters. The number of rotatable bonds is 6. The molecule has 1 N–H and O–H groups in total. The van der Waals surface area contributed by atoms with E-state index in [4.69, 9.17) is 4.74 Å². The highest BCUT2D eigenvalue weighted by molar-refractivity contribution is 5.88. The van der Waals surface area contributed by atoms with Crippen LogP contribution in [0.25, 0.3) is 11.3 Å². The van der Waals surface area contributed by atoms with Crippen molar-refractivity contribution >= 4 is 11.9 Å². The summed E-state index contributed by atoms with van der Waals surface area (Å²) in [7, 11) is 0. The maximum atomic E-state index is 12.3. The van der Waals surface area contributed by atoms with Crippen LogP contribution < -0.4 is 4.74 Å². The Balaban J connectivity index is 1.56. The van der Waals surface area contributed by atoms with E-state index in [-0.39, 0.29) is 17.6 Å². The lowest BCUT2D eigenvalue weighted by Crippen LogP contribution is -2.40. The summed E-state index contributed by atoms with van der Waals surface area (Å²) in [6, 6.07) is 18.3. The molecule has 0 saturated carbocycles. The van der Waals surface area contributed by atoms with Crippen LogP contribution >= 0.6 is 0 Å². The van der Waals surface area contributed by atoms with E-state index in [1.165, 1.54) is 6.08 Å². The Morgan fingerprint density at radius 1 is 1.09 bits per heavy atom. The molecule has 7 nitrogen and oxygen atoms in total. The summed E-state index contributed by atoms with van der Waals surface area (Å²) in [6.07, 6.45) is 4.82. The zero-order valence-electron chi connectivity index (χ0n) is 17.8. The third-order valence-electron chi connectivity index (χ3n) is 5.45. The summed E-state index contributed by atoms with van der Waals surface area (Å²) in [5.41, 5.74) is 1.49. The first-order valence-electron chi connectivity index (χ1n) is 10.6. The molecule has 7 heteroatoms. The van der Waals surface area contributed by atoms with Gasteiger partial charge in [0.05, 0.1) is 11.7 Å². The molecule has 3 aromatic rings. The highest BCUT2D eigenvalue weighted by atomic mass is 16.5. The van der Waals surface area contributed by atoms with Gasteiger partial charge in [0.25, 0.3) is 0 Å². The predicted octanol–water partition coefficient (Wildman–Crippen LogP) is 4.78. The molecule has 0 aliphatic carbocycles. The molecule has 2 heterocycles. The van der Waals surface area contributed by atoms with Crippen molar-refractivity contribution < 1.29 is 19.4 Å². The van der Waals surface area contributed by atoms with Gasteiger partial charge in [-0.05, 0) is 68.3 Å². The average molecular weight is 431 g/mol. The fourth-order valence-electron chi connectivity index (χ4n) is 3.89. The molecule has 1 saturated heterocycles. The highest BCUT2D eigenvalue weighted by Crippen LogP contribution is 2.29. The third kappa shape index (κ3) is 4.72.